The Balaban J connectivity index is 1.58. The molecule has 0 unspecified atom stereocenters. The minimum absolute atomic E-state index is 0.0129. The Kier molecular flexibility index (Phi) is 7.17. The SMILES string of the molecule is C=C1C(F)=CC=C(c2ncc(-c3cc4c([C@@H](C)Nc5ccc(F)cc5C(F)(F)F)cc(F)cc4c(=O)n3C)cn2)N1C. The van der Waals surface area contributed by atoms with Gasteiger partial charge in [-0.05, 0) is 66.4 Å². The van der Waals surface area contributed by atoms with Crippen molar-refractivity contribution >= 4 is 22.2 Å². The van der Waals surface area contributed by atoms with Crippen molar-refractivity contribution in [3.63, 3.8) is 0 Å². The van der Waals surface area contributed by atoms with Gasteiger partial charge in [0.25, 0.3) is 5.56 Å². The van der Waals surface area contributed by atoms with E-state index in [4.69, 9.17) is 0 Å². The second-order valence-electron chi connectivity index (χ2n) is 9.77. The topological polar surface area (TPSA) is 63.1 Å². The van der Waals surface area contributed by atoms with Gasteiger partial charge in [0.05, 0.1) is 28.0 Å². The van der Waals surface area contributed by atoms with Gasteiger partial charge in [-0.1, -0.05) is 6.58 Å². The first-order valence-electron chi connectivity index (χ1n) is 12.6. The fourth-order valence-electron chi connectivity index (χ4n) is 4.81. The second-order valence-corrected chi connectivity index (χ2v) is 9.77. The molecule has 0 fully saturated rings. The minimum Gasteiger partial charge on any atom is -0.378 e. The van der Waals surface area contributed by atoms with E-state index in [-0.39, 0.29) is 22.5 Å². The van der Waals surface area contributed by atoms with Gasteiger partial charge in [-0.15, -0.1) is 0 Å². The molecule has 1 N–H and O–H groups in total. The Hall–Kier alpha value is -4.87. The van der Waals surface area contributed by atoms with E-state index in [0.717, 1.165) is 24.3 Å². The summed E-state index contributed by atoms with van der Waals surface area (Å²) in [4.78, 5) is 23.6. The van der Waals surface area contributed by atoms with E-state index in [2.05, 4.69) is 21.9 Å². The molecule has 3 heterocycles. The Morgan fingerprint density at radius 2 is 1.62 bits per heavy atom. The summed E-state index contributed by atoms with van der Waals surface area (Å²) in [6, 6.07) is 5.08. The highest BCUT2D eigenvalue weighted by atomic mass is 19.4. The lowest BCUT2D eigenvalue weighted by molar-refractivity contribution is -0.137. The van der Waals surface area contributed by atoms with Crippen LogP contribution in [0, 0.1) is 11.6 Å². The standard InChI is InChI=1S/C30H23F6N5O/c1-15(39-25-7-5-18(31)11-23(25)30(34,35)36)20-9-19(32)10-22-21(20)12-27(41(4)29(22)42)17-13-37-28(38-14-17)26-8-6-24(33)16(2)40(26)3/h5-15,39H,2H2,1,3-4H3/t15-/m1/s1. The molecule has 0 saturated heterocycles. The van der Waals surface area contributed by atoms with Crippen molar-refractivity contribution < 1.29 is 26.3 Å². The number of nitrogens with one attached hydrogen (secondary N) is 1. The van der Waals surface area contributed by atoms with E-state index in [1.54, 1.807) is 13.1 Å². The van der Waals surface area contributed by atoms with Crippen molar-refractivity contribution in [1.82, 2.24) is 19.4 Å². The van der Waals surface area contributed by atoms with E-state index in [9.17, 15) is 31.1 Å². The molecule has 0 radical (unpaired) electrons. The monoisotopic (exact) mass is 583 g/mol. The summed E-state index contributed by atoms with van der Waals surface area (Å²) in [7, 11) is 3.10. The van der Waals surface area contributed by atoms with Crippen molar-refractivity contribution in [3.8, 4) is 11.3 Å². The van der Waals surface area contributed by atoms with Crippen LogP contribution < -0.4 is 10.9 Å². The van der Waals surface area contributed by atoms with Crippen LogP contribution >= 0.6 is 0 Å². The summed E-state index contributed by atoms with van der Waals surface area (Å²) in [6.07, 6.45) is 0.846. The predicted molar refractivity (Wildman–Crippen MR) is 148 cm³/mol. The highest BCUT2D eigenvalue weighted by Gasteiger charge is 2.34. The zero-order valence-electron chi connectivity index (χ0n) is 22.5. The first kappa shape index (κ1) is 28.7. The second kappa shape index (κ2) is 10.5. The number of pyridine rings is 1. The molecule has 5 rings (SSSR count). The molecule has 1 aliphatic heterocycles. The molecule has 4 aromatic rings. The summed E-state index contributed by atoms with van der Waals surface area (Å²) >= 11 is 0. The van der Waals surface area contributed by atoms with Crippen LogP contribution in [0.25, 0.3) is 27.7 Å². The van der Waals surface area contributed by atoms with Crippen molar-refractivity contribution in [3.05, 3.63) is 118 Å². The highest BCUT2D eigenvalue weighted by Crippen LogP contribution is 2.38. The molecule has 1 aliphatic rings. The molecular weight excluding hydrogens is 560 g/mol. The molecule has 0 amide bonds. The number of hydrogen-bond donors (Lipinski definition) is 1. The predicted octanol–water partition coefficient (Wildman–Crippen LogP) is 7.12. The molecule has 1 atom stereocenters. The van der Waals surface area contributed by atoms with Crippen LogP contribution in [0.3, 0.4) is 0 Å². The first-order chi connectivity index (χ1) is 19.8. The van der Waals surface area contributed by atoms with E-state index in [0.29, 0.717) is 28.4 Å². The van der Waals surface area contributed by atoms with Crippen LogP contribution in [0.4, 0.5) is 32.0 Å². The number of aromatic nitrogens is 3. The number of benzene rings is 2. The number of rotatable bonds is 5. The minimum atomic E-state index is -4.84. The molecular formula is C30H23F6N5O. The lowest BCUT2D eigenvalue weighted by atomic mass is 9.98. The van der Waals surface area contributed by atoms with Gasteiger partial charge in [-0.2, -0.15) is 13.2 Å². The quantitative estimate of drug-likeness (QED) is 0.254. The number of fused-ring (bicyclic) bond motifs is 1. The fraction of sp³-hybridized carbons (Fsp3) is 0.167. The molecule has 2 aromatic heterocycles. The van der Waals surface area contributed by atoms with Crippen molar-refractivity contribution in [2.75, 3.05) is 12.4 Å². The Labute approximate surface area is 236 Å². The third-order valence-corrected chi connectivity index (χ3v) is 7.09. The molecule has 42 heavy (non-hydrogen) atoms. The summed E-state index contributed by atoms with van der Waals surface area (Å²) < 4.78 is 84.2. The molecule has 0 saturated carbocycles. The third-order valence-electron chi connectivity index (χ3n) is 7.09. The maximum Gasteiger partial charge on any atom is 0.418 e. The van der Waals surface area contributed by atoms with Gasteiger partial charge >= 0.3 is 6.18 Å². The normalized spacial score (nSPS) is 14.6. The maximum atomic E-state index is 14.7. The highest BCUT2D eigenvalue weighted by molar-refractivity contribution is 5.89. The Morgan fingerprint density at radius 3 is 2.29 bits per heavy atom. The van der Waals surface area contributed by atoms with Crippen LogP contribution in [-0.2, 0) is 13.2 Å². The molecule has 2 aromatic carbocycles. The fourth-order valence-corrected chi connectivity index (χ4v) is 4.81. The average molecular weight is 584 g/mol. The third kappa shape index (κ3) is 5.15. The van der Waals surface area contributed by atoms with Crippen molar-refractivity contribution in [1.29, 1.82) is 0 Å². The Bertz CT molecular complexity index is 1860. The number of nitrogens with zero attached hydrogens (tertiary/aromatic N) is 4. The van der Waals surface area contributed by atoms with E-state index in [1.807, 2.05) is 0 Å². The van der Waals surface area contributed by atoms with E-state index >= 15 is 0 Å². The number of anilines is 1. The number of likely N-dealkylation sites (N-methyl/N-ethyl adjacent to an activating group) is 1. The van der Waals surface area contributed by atoms with Crippen LogP contribution in [-0.4, -0.2) is 26.5 Å². The summed E-state index contributed by atoms with van der Waals surface area (Å²) in [5.74, 6) is -2.03. The van der Waals surface area contributed by atoms with Crippen LogP contribution in [0.1, 0.15) is 29.9 Å². The van der Waals surface area contributed by atoms with Crippen LogP contribution in [0.15, 0.2) is 83.8 Å². The number of halogens is 6. The number of allylic oxidation sites excluding steroid dienone is 3. The van der Waals surface area contributed by atoms with E-state index in [1.165, 1.54) is 48.0 Å². The van der Waals surface area contributed by atoms with Gasteiger partial charge in [0.1, 0.15) is 17.5 Å². The lowest BCUT2D eigenvalue weighted by Gasteiger charge is -2.25. The van der Waals surface area contributed by atoms with Crippen LogP contribution in [0.2, 0.25) is 0 Å². The van der Waals surface area contributed by atoms with Gasteiger partial charge in [0.15, 0.2) is 5.82 Å². The smallest absolute Gasteiger partial charge is 0.378 e. The van der Waals surface area contributed by atoms with Crippen molar-refractivity contribution in [2.45, 2.75) is 19.1 Å². The van der Waals surface area contributed by atoms with E-state index < -0.39 is 46.5 Å². The molecule has 6 nitrogen and oxygen atoms in total. The van der Waals surface area contributed by atoms with Crippen LogP contribution in [0.5, 0.6) is 0 Å². The van der Waals surface area contributed by atoms with Gasteiger partial charge in [-0.3, -0.25) is 4.79 Å². The zero-order chi connectivity index (χ0) is 30.5. The number of hydrogen-bond acceptors (Lipinski definition) is 5. The zero-order valence-corrected chi connectivity index (χ0v) is 22.5. The van der Waals surface area contributed by atoms with Gasteiger partial charge in [0.2, 0.25) is 0 Å². The summed E-state index contributed by atoms with van der Waals surface area (Å²) in [6.45, 7) is 5.19. The van der Waals surface area contributed by atoms with Gasteiger partial charge in [-0.25, -0.2) is 23.1 Å². The molecule has 0 spiro atoms. The number of alkyl halides is 3. The maximum absolute atomic E-state index is 14.7. The first-order valence-corrected chi connectivity index (χ1v) is 12.6. The average Bonchev–Trinajstić information content (AvgIpc) is 2.94. The summed E-state index contributed by atoms with van der Waals surface area (Å²) in [5.41, 5.74) is -0.540. The largest absolute Gasteiger partial charge is 0.418 e. The van der Waals surface area contributed by atoms with Gasteiger partial charge in [0, 0.05) is 43.8 Å². The molecule has 0 aliphatic carbocycles. The molecule has 0 bridgehead atoms. The van der Waals surface area contributed by atoms with Crippen molar-refractivity contribution in [2.24, 2.45) is 7.05 Å². The Morgan fingerprint density at radius 1 is 0.929 bits per heavy atom. The molecule has 216 valence electrons. The summed E-state index contributed by atoms with van der Waals surface area (Å²) in [5, 5.41) is 3.00. The van der Waals surface area contributed by atoms with Gasteiger partial charge < -0.3 is 14.8 Å². The lowest BCUT2D eigenvalue weighted by Crippen LogP contribution is -2.21. The molecule has 12 heteroatoms.